The molecule has 0 bridgehead atoms. The summed E-state index contributed by atoms with van der Waals surface area (Å²) in [5.41, 5.74) is 2.13. The van der Waals surface area contributed by atoms with Gasteiger partial charge in [-0.15, -0.1) is 0 Å². The van der Waals surface area contributed by atoms with Crippen LogP contribution in [0.15, 0.2) is 34.9 Å². The number of aromatic amines is 1. The normalized spacial score (nSPS) is 11.1. The number of carboxylic acid groups (broad SMARTS) is 1. The lowest BCUT2D eigenvalue weighted by Gasteiger charge is -2.04. The fourth-order valence-corrected chi connectivity index (χ4v) is 2.51. The predicted molar refractivity (Wildman–Crippen MR) is 76.8 cm³/mol. The van der Waals surface area contributed by atoms with Crippen LogP contribution >= 0.6 is 23.2 Å². The molecule has 0 fully saturated rings. The first-order valence-electron chi connectivity index (χ1n) is 5.81. The van der Waals surface area contributed by atoms with Crippen molar-refractivity contribution in [2.75, 3.05) is 0 Å². The molecule has 102 valence electrons. The summed E-state index contributed by atoms with van der Waals surface area (Å²) < 4.78 is 5.20. The second-order valence-electron chi connectivity index (χ2n) is 4.37. The highest BCUT2D eigenvalue weighted by Crippen LogP contribution is 2.28. The number of benzene rings is 1. The molecule has 0 saturated carbocycles. The van der Waals surface area contributed by atoms with Crippen LogP contribution in [0.5, 0.6) is 0 Å². The molecule has 0 amide bonds. The van der Waals surface area contributed by atoms with Gasteiger partial charge in [-0.05, 0) is 23.8 Å². The monoisotopic (exact) mass is 309 g/mol. The molecule has 0 spiro atoms. The van der Waals surface area contributed by atoms with E-state index in [1.165, 1.54) is 6.26 Å². The summed E-state index contributed by atoms with van der Waals surface area (Å²) in [6.45, 7) is 0. The number of H-pyrrole nitrogens is 1. The van der Waals surface area contributed by atoms with Crippen molar-refractivity contribution in [2.24, 2.45) is 0 Å². The van der Waals surface area contributed by atoms with Crippen LogP contribution in [-0.4, -0.2) is 16.1 Å². The van der Waals surface area contributed by atoms with Gasteiger partial charge in [0.1, 0.15) is 5.69 Å². The van der Waals surface area contributed by atoms with Gasteiger partial charge in [0.25, 0.3) is 0 Å². The smallest absolute Gasteiger partial charge is 0.352 e. The number of aromatic nitrogens is 1. The van der Waals surface area contributed by atoms with Gasteiger partial charge in [0.2, 0.25) is 5.71 Å². The number of hydrogen-bond acceptors (Lipinski definition) is 2. The molecule has 0 radical (unpaired) electrons. The van der Waals surface area contributed by atoms with Crippen molar-refractivity contribution in [3.05, 3.63) is 57.4 Å². The highest BCUT2D eigenvalue weighted by atomic mass is 35.5. The standard InChI is InChI=1S/C14H9Cl2NO3/c15-10-2-1-7(6-11(10)16)5-9-8-3-4-20-13(8)17-12(9)14(18)19/h1-4,6,17H,5H2,(H,18,19). The zero-order valence-electron chi connectivity index (χ0n) is 10.1. The van der Waals surface area contributed by atoms with E-state index in [1.807, 2.05) is 6.07 Å². The fourth-order valence-electron chi connectivity index (χ4n) is 2.19. The Morgan fingerprint density at radius 1 is 1.25 bits per heavy atom. The zero-order valence-corrected chi connectivity index (χ0v) is 11.6. The lowest BCUT2D eigenvalue weighted by molar-refractivity contribution is 0.0690. The molecule has 1 aromatic carbocycles. The van der Waals surface area contributed by atoms with Gasteiger partial charge in [-0.3, -0.25) is 0 Å². The minimum Gasteiger partial charge on any atom is -0.477 e. The lowest BCUT2D eigenvalue weighted by Crippen LogP contribution is -2.02. The summed E-state index contributed by atoms with van der Waals surface area (Å²) in [6.07, 6.45) is 1.95. The molecule has 0 atom stereocenters. The van der Waals surface area contributed by atoms with Crippen LogP contribution in [0.1, 0.15) is 21.6 Å². The maximum Gasteiger partial charge on any atom is 0.352 e. The lowest BCUT2D eigenvalue weighted by atomic mass is 10.0. The van der Waals surface area contributed by atoms with Crippen molar-refractivity contribution in [3.63, 3.8) is 0 Å². The van der Waals surface area contributed by atoms with Crippen LogP contribution in [0.2, 0.25) is 10.0 Å². The molecule has 2 aromatic heterocycles. The van der Waals surface area contributed by atoms with Gasteiger partial charge in [0.05, 0.1) is 16.3 Å². The number of nitrogens with one attached hydrogen (secondary N) is 1. The van der Waals surface area contributed by atoms with Crippen LogP contribution in [0, 0.1) is 0 Å². The minimum atomic E-state index is -1.02. The number of carboxylic acids is 1. The van der Waals surface area contributed by atoms with Gasteiger partial charge in [0.15, 0.2) is 0 Å². The van der Waals surface area contributed by atoms with E-state index < -0.39 is 5.97 Å². The third kappa shape index (κ3) is 2.17. The fraction of sp³-hybridized carbons (Fsp3) is 0.0714. The van der Waals surface area contributed by atoms with Gasteiger partial charge in [0, 0.05) is 17.4 Å². The van der Waals surface area contributed by atoms with Crippen LogP contribution in [-0.2, 0) is 6.42 Å². The minimum absolute atomic E-state index is 0.130. The number of furan rings is 1. The predicted octanol–water partition coefficient (Wildman–Crippen LogP) is 4.36. The van der Waals surface area contributed by atoms with Crippen molar-refractivity contribution < 1.29 is 14.3 Å². The largest absolute Gasteiger partial charge is 0.477 e. The zero-order chi connectivity index (χ0) is 14.3. The number of fused-ring (bicyclic) bond motifs is 1. The van der Waals surface area contributed by atoms with Crippen LogP contribution < -0.4 is 0 Å². The molecule has 0 aliphatic rings. The Bertz CT molecular complexity index is 804. The highest BCUT2D eigenvalue weighted by molar-refractivity contribution is 6.42. The summed E-state index contributed by atoms with van der Waals surface area (Å²) in [6, 6.07) is 6.98. The van der Waals surface area contributed by atoms with Crippen molar-refractivity contribution in [1.29, 1.82) is 0 Å². The first-order valence-corrected chi connectivity index (χ1v) is 6.57. The molecule has 0 aliphatic carbocycles. The van der Waals surface area contributed by atoms with Gasteiger partial charge >= 0.3 is 5.97 Å². The number of rotatable bonds is 3. The van der Waals surface area contributed by atoms with Crippen LogP contribution in [0.3, 0.4) is 0 Å². The Morgan fingerprint density at radius 2 is 2.05 bits per heavy atom. The number of hydrogen-bond donors (Lipinski definition) is 2. The maximum absolute atomic E-state index is 11.3. The summed E-state index contributed by atoms with van der Waals surface area (Å²) in [7, 11) is 0. The van der Waals surface area contributed by atoms with Crippen LogP contribution in [0.25, 0.3) is 11.1 Å². The first-order chi connectivity index (χ1) is 9.56. The van der Waals surface area contributed by atoms with E-state index in [0.29, 0.717) is 27.7 Å². The van der Waals surface area contributed by atoms with E-state index in [9.17, 15) is 9.90 Å². The second-order valence-corrected chi connectivity index (χ2v) is 5.19. The molecule has 0 unspecified atom stereocenters. The Kier molecular flexibility index (Phi) is 3.20. The average molecular weight is 310 g/mol. The molecule has 4 nitrogen and oxygen atoms in total. The first kappa shape index (κ1) is 13.1. The van der Waals surface area contributed by atoms with Crippen LogP contribution in [0.4, 0.5) is 0 Å². The van der Waals surface area contributed by atoms with Gasteiger partial charge in [-0.2, -0.15) is 0 Å². The number of aromatic carboxylic acids is 1. The molecule has 20 heavy (non-hydrogen) atoms. The molecule has 2 N–H and O–H groups in total. The van der Waals surface area contributed by atoms with E-state index >= 15 is 0 Å². The van der Waals surface area contributed by atoms with E-state index in [1.54, 1.807) is 18.2 Å². The van der Waals surface area contributed by atoms with Crippen molar-refractivity contribution in [2.45, 2.75) is 6.42 Å². The summed E-state index contributed by atoms with van der Waals surface area (Å²) >= 11 is 11.9. The molecule has 3 rings (SSSR count). The molecule has 3 aromatic rings. The number of carbonyl (C=O) groups is 1. The third-order valence-electron chi connectivity index (χ3n) is 3.11. The molecule has 2 heterocycles. The molecular weight excluding hydrogens is 301 g/mol. The molecular formula is C14H9Cl2NO3. The summed E-state index contributed by atoms with van der Waals surface area (Å²) in [5.74, 6) is -1.02. The second kappa shape index (κ2) is 4.89. The van der Waals surface area contributed by atoms with E-state index in [4.69, 9.17) is 27.6 Å². The summed E-state index contributed by atoms with van der Waals surface area (Å²) in [5, 5.41) is 10.9. The maximum atomic E-state index is 11.3. The molecule has 0 saturated heterocycles. The van der Waals surface area contributed by atoms with Gasteiger partial charge in [-0.25, -0.2) is 4.79 Å². The summed E-state index contributed by atoms with van der Waals surface area (Å²) in [4.78, 5) is 14.0. The number of halogens is 2. The third-order valence-corrected chi connectivity index (χ3v) is 3.85. The molecule has 6 heteroatoms. The quantitative estimate of drug-likeness (QED) is 0.755. The van der Waals surface area contributed by atoms with Gasteiger partial charge in [-0.1, -0.05) is 29.3 Å². The average Bonchev–Trinajstić information content (AvgIpc) is 2.96. The van der Waals surface area contributed by atoms with Crippen molar-refractivity contribution in [1.82, 2.24) is 4.98 Å². The Hall–Kier alpha value is -1.91. The molecule has 0 aliphatic heterocycles. The van der Waals surface area contributed by atoms with Crippen molar-refractivity contribution >= 4 is 40.3 Å². The Balaban J connectivity index is 2.08. The van der Waals surface area contributed by atoms with E-state index in [2.05, 4.69) is 4.98 Å². The Morgan fingerprint density at radius 3 is 2.75 bits per heavy atom. The topological polar surface area (TPSA) is 66.2 Å². The van der Waals surface area contributed by atoms with Crippen molar-refractivity contribution in [3.8, 4) is 0 Å². The van der Waals surface area contributed by atoms with E-state index in [0.717, 1.165) is 10.9 Å². The van der Waals surface area contributed by atoms with E-state index in [-0.39, 0.29) is 5.69 Å². The van der Waals surface area contributed by atoms with Gasteiger partial charge < -0.3 is 14.5 Å². The SMILES string of the molecule is O=C(O)c1[nH]c2occc2c1Cc1ccc(Cl)c(Cl)c1. The highest BCUT2D eigenvalue weighted by Gasteiger charge is 2.19. The Labute approximate surface area is 123 Å².